The Balaban J connectivity index is 1.73. The number of fused-ring (bicyclic) bond motifs is 2. The molecule has 2 saturated heterocycles. The molecule has 2 atom stereocenters. The van der Waals surface area contributed by atoms with Crippen LogP contribution in [-0.2, 0) is 5.88 Å². The molecular formula is C16H21ClN2O. The quantitative estimate of drug-likeness (QED) is 0.783. The molecule has 0 N–H and O–H groups in total. The topological polar surface area (TPSA) is 23.6 Å². The van der Waals surface area contributed by atoms with Crippen LogP contribution >= 0.6 is 11.6 Å². The summed E-state index contributed by atoms with van der Waals surface area (Å²) in [5, 5.41) is 0. The van der Waals surface area contributed by atoms with Gasteiger partial charge >= 0.3 is 0 Å². The van der Waals surface area contributed by atoms with E-state index in [2.05, 4.69) is 11.9 Å². The summed E-state index contributed by atoms with van der Waals surface area (Å²) in [5.41, 5.74) is 1.83. The van der Waals surface area contributed by atoms with E-state index < -0.39 is 0 Å². The lowest BCUT2D eigenvalue weighted by molar-refractivity contribution is 0.0740. The van der Waals surface area contributed by atoms with Crippen LogP contribution in [0.3, 0.4) is 0 Å². The van der Waals surface area contributed by atoms with Crippen LogP contribution < -0.4 is 0 Å². The third-order valence-corrected chi connectivity index (χ3v) is 5.10. The summed E-state index contributed by atoms with van der Waals surface area (Å²) < 4.78 is 0. The Morgan fingerprint density at radius 1 is 1.20 bits per heavy atom. The van der Waals surface area contributed by atoms with Crippen molar-refractivity contribution in [1.29, 1.82) is 0 Å². The van der Waals surface area contributed by atoms with Crippen LogP contribution in [0.25, 0.3) is 0 Å². The molecule has 4 heteroatoms. The third kappa shape index (κ3) is 2.57. The predicted molar refractivity (Wildman–Crippen MR) is 81.1 cm³/mol. The molecule has 2 heterocycles. The Labute approximate surface area is 125 Å². The highest BCUT2D eigenvalue weighted by Gasteiger charge is 2.36. The monoisotopic (exact) mass is 292 g/mol. The second-order valence-electron chi connectivity index (χ2n) is 5.92. The third-order valence-electron chi connectivity index (χ3n) is 4.79. The molecule has 2 bridgehead atoms. The molecular weight excluding hydrogens is 272 g/mol. The van der Waals surface area contributed by atoms with E-state index in [0.717, 1.165) is 30.6 Å². The Kier molecular flexibility index (Phi) is 3.99. The van der Waals surface area contributed by atoms with E-state index >= 15 is 0 Å². The summed E-state index contributed by atoms with van der Waals surface area (Å²) in [4.78, 5) is 17.1. The SMILES string of the molecule is CN1C2CCC1CN(C(=O)c1ccc(CCl)cc1)CC2. The Bertz CT molecular complexity index is 488. The molecule has 0 spiro atoms. The Hall–Kier alpha value is -1.06. The van der Waals surface area contributed by atoms with Crippen molar-refractivity contribution < 1.29 is 4.79 Å². The first kappa shape index (κ1) is 13.9. The lowest BCUT2D eigenvalue weighted by Crippen LogP contribution is -2.39. The van der Waals surface area contributed by atoms with E-state index in [0.29, 0.717) is 18.0 Å². The fourth-order valence-electron chi connectivity index (χ4n) is 3.41. The number of carbonyl (C=O) groups excluding carboxylic acids is 1. The second-order valence-corrected chi connectivity index (χ2v) is 6.19. The molecule has 1 amide bonds. The van der Waals surface area contributed by atoms with Gasteiger partial charge in [0, 0.05) is 36.6 Å². The first-order valence-corrected chi connectivity index (χ1v) is 7.88. The van der Waals surface area contributed by atoms with Gasteiger partial charge in [-0.25, -0.2) is 0 Å². The number of benzene rings is 1. The maximum atomic E-state index is 12.6. The average molecular weight is 293 g/mol. The molecule has 108 valence electrons. The zero-order chi connectivity index (χ0) is 14.1. The Morgan fingerprint density at radius 3 is 2.60 bits per heavy atom. The number of hydrogen-bond donors (Lipinski definition) is 0. The summed E-state index contributed by atoms with van der Waals surface area (Å²) >= 11 is 5.79. The van der Waals surface area contributed by atoms with Crippen molar-refractivity contribution in [3.63, 3.8) is 0 Å². The van der Waals surface area contributed by atoms with Crippen LogP contribution in [-0.4, -0.2) is 47.9 Å². The minimum absolute atomic E-state index is 0.159. The summed E-state index contributed by atoms with van der Waals surface area (Å²) in [6, 6.07) is 8.87. The minimum atomic E-state index is 0.159. The standard InChI is InChI=1S/C16H21ClN2O/c1-18-14-6-7-15(18)11-19(9-8-14)16(20)13-4-2-12(10-17)3-5-13/h2-5,14-15H,6-11H2,1H3. The van der Waals surface area contributed by atoms with Crippen LogP contribution in [0.15, 0.2) is 24.3 Å². The summed E-state index contributed by atoms with van der Waals surface area (Å²) in [5.74, 6) is 0.652. The van der Waals surface area contributed by atoms with Crippen LogP contribution in [0.4, 0.5) is 0 Å². The maximum Gasteiger partial charge on any atom is 0.253 e. The van der Waals surface area contributed by atoms with Crippen molar-refractivity contribution >= 4 is 17.5 Å². The zero-order valence-electron chi connectivity index (χ0n) is 11.9. The number of likely N-dealkylation sites (N-methyl/N-ethyl adjacent to an activating group) is 1. The largest absolute Gasteiger partial charge is 0.337 e. The first-order chi connectivity index (χ1) is 9.69. The van der Waals surface area contributed by atoms with Crippen molar-refractivity contribution in [3.8, 4) is 0 Å². The van der Waals surface area contributed by atoms with Crippen molar-refractivity contribution in [3.05, 3.63) is 35.4 Å². The van der Waals surface area contributed by atoms with Gasteiger partial charge in [-0.15, -0.1) is 11.6 Å². The van der Waals surface area contributed by atoms with Crippen LogP contribution in [0.1, 0.15) is 35.2 Å². The fourth-order valence-corrected chi connectivity index (χ4v) is 3.59. The highest BCUT2D eigenvalue weighted by molar-refractivity contribution is 6.17. The molecule has 0 saturated carbocycles. The van der Waals surface area contributed by atoms with Gasteiger partial charge in [-0.2, -0.15) is 0 Å². The van der Waals surface area contributed by atoms with Gasteiger partial charge in [0.25, 0.3) is 5.91 Å². The minimum Gasteiger partial charge on any atom is -0.337 e. The summed E-state index contributed by atoms with van der Waals surface area (Å²) in [6.07, 6.45) is 3.60. The molecule has 0 radical (unpaired) electrons. The maximum absolute atomic E-state index is 12.6. The molecule has 2 aliphatic rings. The van der Waals surface area contributed by atoms with Gasteiger partial charge in [0.1, 0.15) is 0 Å². The summed E-state index contributed by atoms with van der Waals surface area (Å²) in [6.45, 7) is 1.74. The van der Waals surface area contributed by atoms with Gasteiger partial charge < -0.3 is 4.90 Å². The molecule has 0 aliphatic carbocycles. The molecule has 2 unspecified atom stereocenters. The predicted octanol–water partition coefficient (Wildman–Crippen LogP) is 2.73. The van der Waals surface area contributed by atoms with Gasteiger partial charge in [0.05, 0.1) is 0 Å². The zero-order valence-corrected chi connectivity index (χ0v) is 12.6. The molecule has 1 aromatic rings. The molecule has 3 rings (SSSR count). The van der Waals surface area contributed by atoms with E-state index in [1.165, 1.54) is 12.8 Å². The highest BCUT2D eigenvalue weighted by Crippen LogP contribution is 2.29. The average Bonchev–Trinajstić information content (AvgIpc) is 2.72. The number of rotatable bonds is 2. The second kappa shape index (κ2) is 5.74. The number of alkyl halides is 1. The van der Waals surface area contributed by atoms with Crippen molar-refractivity contribution in [2.75, 3.05) is 20.1 Å². The van der Waals surface area contributed by atoms with Crippen molar-refractivity contribution in [1.82, 2.24) is 9.80 Å². The number of likely N-dealkylation sites (tertiary alicyclic amines) is 1. The van der Waals surface area contributed by atoms with Crippen LogP contribution in [0.5, 0.6) is 0 Å². The van der Waals surface area contributed by atoms with Gasteiger partial charge in [-0.05, 0) is 44.0 Å². The molecule has 20 heavy (non-hydrogen) atoms. The van der Waals surface area contributed by atoms with Gasteiger partial charge in [0.15, 0.2) is 0 Å². The first-order valence-electron chi connectivity index (χ1n) is 7.35. The molecule has 1 aromatic carbocycles. The normalized spacial score (nSPS) is 26.6. The number of nitrogens with zero attached hydrogens (tertiary/aromatic N) is 2. The lowest BCUT2D eigenvalue weighted by Gasteiger charge is -2.26. The van der Waals surface area contributed by atoms with Crippen molar-refractivity contribution in [2.45, 2.75) is 37.2 Å². The van der Waals surface area contributed by atoms with E-state index in [1.54, 1.807) is 0 Å². The number of halogens is 1. The van der Waals surface area contributed by atoms with Crippen LogP contribution in [0.2, 0.25) is 0 Å². The molecule has 3 nitrogen and oxygen atoms in total. The van der Waals surface area contributed by atoms with E-state index in [1.807, 2.05) is 29.2 Å². The van der Waals surface area contributed by atoms with E-state index in [9.17, 15) is 4.79 Å². The smallest absolute Gasteiger partial charge is 0.253 e. The number of hydrogen-bond acceptors (Lipinski definition) is 2. The van der Waals surface area contributed by atoms with E-state index in [-0.39, 0.29) is 5.91 Å². The van der Waals surface area contributed by atoms with E-state index in [4.69, 9.17) is 11.6 Å². The Morgan fingerprint density at radius 2 is 1.90 bits per heavy atom. The van der Waals surface area contributed by atoms with Gasteiger partial charge in [-0.1, -0.05) is 12.1 Å². The van der Waals surface area contributed by atoms with Gasteiger partial charge in [-0.3, -0.25) is 9.69 Å². The van der Waals surface area contributed by atoms with Gasteiger partial charge in [0.2, 0.25) is 0 Å². The van der Waals surface area contributed by atoms with Crippen molar-refractivity contribution in [2.24, 2.45) is 0 Å². The molecule has 2 aliphatic heterocycles. The van der Waals surface area contributed by atoms with Crippen LogP contribution in [0, 0.1) is 0 Å². The molecule has 0 aromatic heterocycles. The number of amides is 1. The number of carbonyl (C=O) groups is 1. The fraction of sp³-hybridized carbons (Fsp3) is 0.562. The summed E-state index contributed by atoms with van der Waals surface area (Å²) in [7, 11) is 2.20. The highest BCUT2D eigenvalue weighted by atomic mass is 35.5. The lowest BCUT2D eigenvalue weighted by atomic mass is 10.1. The molecule has 2 fully saturated rings.